The van der Waals surface area contributed by atoms with Gasteiger partial charge in [-0.2, -0.15) is 15.0 Å². The molecule has 1 aromatic rings. The van der Waals surface area contributed by atoms with Gasteiger partial charge in [0.15, 0.2) is 0 Å². The summed E-state index contributed by atoms with van der Waals surface area (Å²) >= 11 is 0. The maximum absolute atomic E-state index is 5.79. The van der Waals surface area contributed by atoms with Gasteiger partial charge in [0.1, 0.15) is 0 Å². The first-order valence-electron chi connectivity index (χ1n) is 5.96. The van der Waals surface area contributed by atoms with Crippen molar-refractivity contribution in [3.05, 3.63) is 11.9 Å². The fourth-order valence-corrected chi connectivity index (χ4v) is 2.36. The maximum Gasteiger partial charge on any atom is 0.0967 e. The molecule has 2 N–H and O–H groups in total. The summed E-state index contributed by atoms with van der Waals surface area (Å²) in [7, 11) is 1.85. The number of aryl methyl sites for hydroxylation is 1. The van der Waals surface area contributed by atoms with Crippen molar-refractivity contribution in [1.82, 2.24) is 19.9 Å². The Morgan fingerprint density at radius 3 is 3.00 bits per heavy atom. The van der Waals surface area contributed by atoms with Gasteiger partial charge in [0, 0.05) is 20.1 Å². The number of likely N-dealkylation sites (tertiary alicyclic amines) is 1. The quantitative estimate of drug-likeness (QED) is 0.797. The Balaban J connectivity index is 1.91. The number of rotatable bonds is 3. The van der Waals surface area contributed by atoms with Crippen LogP contribution in [0.5, 0.6) is 0 Å². The predicted molar refractivity (Wildman–Crippen MR) is 62.6 cm³/mol. The minimum atomic E-state index is 0.630. The molecular weight excluding hydrogens is 202 g/mol. The molecule has 1 saturated heterocycles. The van der Waals surface area contributed by atoms with E-state index in [0.29, 0.717) is 5.92 Å². The van der Waals surface area contributed by atoms with E-state index in [9.17, 15) is 0 Å². The van der Waals surface area contributed by atoms with E-state index >= 15 is 0 Å². The summed E-state index contributed by atoms with van der Waals surface area (Å²) in [5.41, 5.74) is 6.84. The molecule has 1 fully saturated rings. The average Bonchev–Trinajstić information content (AvgIpc) is 2.67. The Labute approximate surface area is 96.6 Å². The van der Waals surface area contributed by atoms with Gasteiger partial charge in [-0.15, -0.1) is 0 Å². The number of nitrogens with two attached hydrogens (primary N) is 1. The van der Waals surface area contributed by atoms with E-state index in [-0.39, 0.29) is 0 Å². The monoisotopic (exact) mass is 223 g/mol. The second-order valence-corrected chi connectivity index (χ2v) is 4.82. The van der Waals surface area contributed by atoms with Crippen molar-refractivity contribution in [2.24, 2.45) is 24.6 Å². The maximum atomic E-state index is 5.79. The van der Waals surface area contributed by atoms with E-state index in [1.807, 2.05) is 13.2 Å². The number of aromatic nitrogens is 3. The summed E-state index contributed by atoms with van der Waals surface area (Å²) < 4.78 is 0. The van der Waals surface area contributed by atoms with Gasteiger partial charge in [-0.25, -0.2) is 0 Å². The molecule has 5 heteroatoms. The lowest BCUT2D eigenvalue weighted by atomic mass is 9.87. The van der Waals surface area contributed by atoms with E-state index < -0.39 is 0 Å². The normalized spacial score (nSPS) is 27.2. The third-order valence-corrected chi connectivity index (χ3v) is 3.53. The van der Waals surface area contributed by atoms with Crippen LogP contribution in [0.3, 0.4) is 0 Å². The summed E-state index contributed by atoms with van der Waals surface area (Å²) in [6.45, 7) is 6.23. The van der Waals surface area contributed by atoms with Crippen LogP contribution in [-0.4, -0.2) is 39.5 Å². The Kier molecular flexibility index (Phi) is 3.56. The van der Waals surface area contributed by atoms with E-state index in [1.54, 1.807) is 4.80 Å². The molecule has 2 unspecified atom stereocenters. The van der Waals surface area contributed by atoms with E-state index in [2.05, 4.69) is 22.0 Å². The summed E-state index contributed by atoms with van der Waals surface area (Å²) in [4.78, 5) is 4.05. The molecule has 1 aliphatic heterocycles. The first kappa shape index (κ1) is 11.5. The molecule has 0 saturated carbocycles. The molecular formula is C11H21N5. The second-order valence-electron chi connectivity index (χ2n) is 4.82. The molecule has 0 spiro atoms. The van der Waals surface area contributed by atoms with Gasteiger partial charge in [-0.3, -0.25) is 4.90 Å². The molecule has 90 valence electrons. The van der Waals surface area contributed by atoms with Crippen molar-refractivity contribution in [2.45, 2.75) is 19.9 Å². The number of hydrogen-bond donors (Lipinski definition) is 1. The summed E-state index contributed by atoms with van der Waals surface area (Å²) in [5.74, 6) is 1.38. The van der Waals surface area contributed by atoms with Crippen molar-refractivity contribution in [3.8, 4) is 0 Å². The molecule has 0 bridgehead atoms. The van der Waals surface area contributed by atoms with Crippen molar-refractivity contribution in [1.29, 1.82) is 0 Å². The lowest BCUT2D eigenvalue weighted by Gasteiger charge is -2.36. The van der Waals surface area contributed by atoms with Crippen molar-refractivity contribution in [3.63, 3.8) is 0 Å². The highest BCUT2D eigenvalue weighted by Crippen LogP contribution is 2.22. The highest BCUT2D eigenvalue weighted by molar-refractivity contribution is 4.92. The van der Waals surface area contributed by atoms with Gasteiger partial charge >= 0.3 is 0 Å². The smallest absolute Gasteiger partial charge is 0.0967 e. The van der Waals surface area contributed by atoms with Crippen LogP contribution in [0.15, 0.2) is 6.20 Å². The zero-order valence-electron chi connectivity index (χ0n) is 10.1. The Morgan fingerprint density at radius 2 is 2.38 bits per heavy atom. The number of nitrogens with zero attached hydrogens (tertiary/aromatic N) is 4. The SMILES string of the molecule is CC1CCN(Cc2cnn(C)n2)CC1CN. The molecule has 2 heterocycles. The van der Waals surface area contributed by atoms with E-state index in [0.717, 1.165) is 37.8 Å². The molecule has 5 nitrogen and oxygen atoms in total. The van der Waals surface area contributed by atoms with Gasteiger partial charge in [-0.1, -0.05) is 6.92 Å². The van der Waals surface area contributed by atoms with Crippen molar-refractivity contribution < 1.29 is 0 Å². The highest BCUT2D eigenvalue weighted by Gasteiger charge is 2.25. The van der Waals surface area contributed by atoms with Crippen molar-refractivity contribution in [2.75, 3.05) is 19.6 Å². The predicted octanol–water partition coefficient (Wildman–Crippen LogP) is 0.232. The first-order valence-corrected chi connectivity index (χ1v) is 5.96. The molecule has 0 amide bonds. The van der Waals surface area contributed by atoms with Crippen LogP contribution in [0, 0.1) is 11.8 Å². The van der Waals surface area contributed by atoms with Crippen LogP contribution in [0.25, 0.3) is 0 Å². The van der Waals surface area contributed by atoms with Crippen LogP contribution < -0.4 is 5.73 Å². The van der Waals surface area contributed by atoms with Crippen LogP contribution >= 0.6 is 0 Å². The standard InChI is InChI=1S/C11H21N5/c1-9-3-4-16(7-10(9)5-12)8-11-6-13-15(2)14-11/h6,9-10H,3-5,7-8,12H2,1-2H3. The Morgan fingerprint density at radius 1 is 1.56 bits per heavy atom. The van der Waals surface area contributed by atoms with Crippen LogP contribution in [0.1, 0.15) is 19.0 Å². The lowest BCUT2D eigenvalue weighted by Crippen LogP contribution is -2.42. The largest absolute Gasteiger partial charge is 0.330 e. The molecule has 16 heavy (non-hydrogen) atoms. The highest BCUT2D eigenvalue weighted by atomic mass is 15.5. The molecule has 2 rings (SSSR count). The van der Waals surface area contributed by atoms with E-state index in [4.69, 9.17) is 5.73 Å². The van der Waals surface area contributed by atoms with Gasteiger partial charge in [-0.05, 0) is 31.3 Å². The molecule has 2 atom stereocenters. The van der Waals surface area contributed by atoms with Gasteiger partial charge < -0.3 is 5.73 Å². The lowest BCUT2D eigenvalue weighted by molar-refractivity contribution is 0.125. The topological polar surface area (TPSA) is 60.0 Å². The molecule has 0 aliphatic carbocycles. The molecule has 0 radical (unpaired) electrons. The fourth-order valence-electron chi connectivity index (χ4n) is 2.36. The van der Waals surface area contributed by atoms with Crippen LogP contribution in [-0.2, 0) is 13.6 Å². The van der Waals surface area contributed by atoms with Crippen molar-refractivity contribution >= 4 is 0 Å². The third-order valence-electron chi connectivity index (χ3n) is 3.53. The fraction of sp³-hybridized carbons (Fsp3) is 0.818. The molecule has 1 aliphatic rings. The Bertz CT molecular complexity index is 335. The zero-order chi connectivity index (χ0) is 11.5. The number of hydrogen-bond acceptors (Lipinski definition) is 4. The van der Waals surface area contributed by atoms with Gasteiger partial charge in [0.2, 0.25) is 0 Å². The summed E-state index contributed by atoms with van der Waals surface area (Å²) in [6, 6.07) is 0. The van der Waals surface area contributed by atoms with Crippen LogP contribution in [0.4, 0.5) is 0 Å². The minimum Gasteiger partial charge on any atom is -0.330 e. The number of piperidine rings is 1. The molecule has 1 aromatic heterocycles. The van der Waals surface area contributed by atoms with Gasteiger partial charge in [0.25, 0.3) is 0 Å². The first-order chi connectivity index (χ1) is 7.69. The minimum absolute atomic E-state index is 0.630. The van der Waals surface area contributed by atoms with Crippen LogP contribution in [0.2, 0.25) is 0 Å². The summed E-state index contributed by atoms with van der Waals surface area (Å²) in [5, 5.41) is 8.40. The van der Waals surface area contributed by atoms with Gasteiger partial charge in [0.05, 0.1) is 11.9 Å². The summed E-state index contributed by atoms with van der Waals surface area (Å²) in [6.07, 6.45) is 3.08. The zero-order valence-corrected chi connectivity index (χ0v) is 10.1. The van der Waals surface area contributed by atoms with E-state index in [1.165, 1.54) is 6.42 Å². The second kappa shape index (κ2) is 4.93. The third kappa shape index (κ3) is 2.59. The molecule has 0 aromatic carbocycles. The average molecular weight is 223 g/mol. The Hall–Kier alpha value is -0.940.